The predicted molar refractivity (Wildman–Crippen MR) is 410 cm³/mol. The number of hydrogen-bond donors (Lipinski definition) is 16. The average Bonchev–Trinajstić information content (AvgIpc) is 1.58. The van der Waals surface area contributed by atoms with E-state index in [1.165, 1.54) is 55.7 Å². The first-order valence-electron chi connectivity index (χ1n) is 35.4. The van der Waals surface area contributed by atoms with Crippen LogP contribution in [0, 0.1) is 11.8 Å². The number of nitrogens with one attached hydrogen (secondary N) is 5. The number of nitrogen functional groups attached to an aromatic ring is 4. The summed E-state index contributed by atoms with van der Waals surface area (Å²) in [7, 11) is 10.1. The number of nitrogens with zero attached hydrogens (tertiary/aromatic N) is 12. The van der Waals surface area contributed by atoms with Crippen LogP contribution in [-0.4, -0.2) is 262 Å². The van der Waals surface area contributed by atoms with Gasteiger partial charge >= 0.3 is 34.7 Å². The smallest absolute Gasteiger partial charge is 0.332 e. The van der Waals surface area contributed by atoms with Gasteiger partial charge in [0.2, 0.25) is 29.7 Å². The number of carbonyl (C=O) groups is 4. The normalized spacial score (nSPS) is 26.4. The lowest BCUT2D eigenvalue weighted by molar-refractivity contribution is -0.202. The number of esters is 2. The van der Waals surface area contributed by atoms with Crippen molar-refractivity contribution >= 4 is 125 Å². The molecular weight excluding hydrogens is 1610 g/mol. The Bertz CT molecular complexity index is 5560. The number of hydrogen-bond acceptors (Lipinski definition) is 37. The molecule has 18 atom stereocenters. The summed E-state index contributed by atoms with van der Waals surface area (Å²) in [6.07, 6.45) is -16.8. The van der Waals surface area contributed by atoms with Crippen LogP contribution in [0.15, 0.2) is 38.4 Å². The molecule has 644 valence electrons. The van der Waals surface area contributed by atoms with Crippen LogP contribution in [0.2, 0.25) is 0 Å². The Morgan fingerprint density at radius 2 is 0.752 bits per heavy atom. The van der Waals surface area contributed by atoms with Crippen LogP contribution < -0.4 is 79.0 Å². The van der Waals surface area contributed by atoms with Crippen molar-refractivity contribution in [1.82, 2.24) is 81.7 Å². The number of aromatic nitrogens is 16. The molecule has 0 bridgehead atoms. The molecule has 1 amide bonds. The number of H-pyrrole nitrogens is 4. The molecule has 0 unspecified atom stereocenters. The molecule has 2 radical (unpaired) electrons. The van der Waals surface area contributed by atoms with Crippen LogP contribution in [-0.2, 0) is 94.7 Å². The topological polar surface area (TPSA) is 715 Å². The number of nitrogens with two attached hydrogens (primary N) is 5. The molecule has 0 aromatic carbocycles. The number of anilines is 4. The van der Waals surface area contributed by atoms with Crippen molar-refractivity contribution in [2.45, 2.75) is 191 Å². The van der Waals surface area contributed by atoms with E-state index >= 15 is 0 Å². The first kappa shape index (κ1) is 92.4. The van der Waals surface area contributed by atoms with Crippen molar-refractivity contribution in [1.29, 1.82) is 0 Å². The Morgan fingerprint density at radius 1 is 0.470 bits per heavy atom. The van der Waals surface area contributed by atoms with Crippen molar-refractivity contribution < 1.29 is 97.2 Å². The van der Waals surface area contributed by atoms with E-state index < -0.39 is 185 Å². The van der Waals surface area contributed by atoms with Gasteiger partial charge in [0.25, 0.3) is 22.2 Å². The van der Waals surface area contributed by atoms with Gasteiger partial charge < -0.3 is 117 Å². The number of carbonyl (C=O) groups excluding carboxylic acids is 4. The Balaban J connectivity index is 0.000000193. The largest absolute Gasteiger partial charge is 0.462 e. The first-order valence-corrected chi connectivity index (χ1v) is 35.4. The zero-order valence-corrected chi connectivity index (χ0v) is 66.8. The van der Waals surface area contributed by atoms with Gasteiger partial charge in [0.1, 0.15) is 98.5 Å². The molecule has 53 heteroatoms. The number of fused-ring (bicyclic) bond motifs is 6. The van der Waals surface area contributed by atoms with Crippen LogP contribution in [0.5, 0.6) is 0 Å². The van der Waals surface area contributed by atoms with Crippen LogP contribution in [0.25, 0.3) is 44.7 Å². The molecule has 6 aliphatic rings. The molecule has 0 saturated carbocycles. The molecule has 21 N–H and O–H groups in total. The maximum Gasteiger partial charge on any atom is 0.332 e. The highest BCUT2D eigenvalue weighted by molar-refractivity contribution is 6.56. The lowest BCUT2D eigenvalue weighted by atomic mass is 10.0. The van der Waals surface area contributed by atoms with Gasteiger partial charge in [0.05, 0.1) is 18.9 Å². The molecule has 0 aliphatic carbocycles. The van der Waals surface area contributed by atoms with Crippen molar-refractivity contribution in [2.24, 2.45) is 45.8 Å². The summed E-state index contributed by atoms with van der Waals surface area (Å²) < 4.78 is 65.7. The molecule has 6 saturated heterocycles. The number of rotatable bonds is 15. The molecule has 14 heterocycles. The number of halogens is 2. The predicted octanol–water partition coefficient (Wildman–Crippen LogP) is -8.14. The third-order valence-electron chi connectivity index (χ3n) is 19.2. The second-order valence-corrected chi connectivity index (χ2v) is 29.1. The van der Waals surface area contributed by atoms with E-state index in [9.17, 15) is 83.1 Å². The van der Waals surface area contributed by atoms with E-state index in [0.29, 0.717) is 0 Å². The summed E-state index contributed by atoms with van der Waals surface area (Å²) in [5.41, 5.74) is 22.8. The summed E-state index contributed by atoms with van der Waals surface area (Å²) in [5.74, 6) is -4.63. The van der Waals surface area contributed by atoms with Gasteiger partial charge in [0, 0.05) is 35.1 Å². The van der Waals surface area contributed by atoms with Crippen molar-refractivity contribution in [3.05, 3.63) is 83.4 Å². The second kappa shape index (κ2) is 35.6. The number of aromatic amines is 4. The van der Waals surface area contributed by atoms with E-state index in [1.807, 2.05) is 0 Å². The highest BCUT2D eigenvalue weighted by atomic mass is 35.5. The minimum Gasteiger partial charge on any atom is -0.462 e. The maximum atomic E-state index is 13.1. The van der Waals surface area contributed by atoms with E-state index in [0.717, 1.165) is 22.8 Å². The Labute approximate surface area is 670 Å². The Morgan fingerprint density at radius 3 is 1.07 bits per heavy atom. The van der Waals surface area contributed by atoms with Gasteiger partial charge in [-0.25, -0.2) is 42.2 Å². The molecule has 0 spiro atoms. The summed E-state index contributed by atoms with van der Waals surface area (Å²) in [6, 6.07) is -1.69. The van der Waals surface area contributed by atoms with Crippen molar-refractivity contribution in [2.75, 3.05) is 49.4 Å². The zero-order valence-electron chi connectivity index (χ0n) is 65.2. The van der Waals surface area contributed by atoms with E-state index in [1.54, 1.807) is 55.4 Å². The molecule has 6 aliphatic heterocycles. The number of aryl methyl sites for hydroxylation is 4. The average molecular weight is 1700 g/mol. The van der Waals surface area contributed by atoms with E-state index in [4.69, 9.17) is 81.1 Å². The summed E-state index contributed by atoms with van der Waals surface area (Å²) in [6.45, 7) is 15.2. The zero-order chi connectivity index (χ0) is 85.3. The second-order valence-electron chi connectivity index (χ2n) is 29.1. The fraction of sp³-hybridized carbons (Fsp3) is 0.625. The standard InChI is InChI=1S/C21H30N6O8.C16H24N6O7.C14H19N5O6.C11H15N5O6.C2H3BO.2ClH/c1-8(2)11(23-9(3)28)18(30)32-7-10-13-14(35-21(4,5)34-13)17(33-10)27-15-12(26(6)20(27)31)16(29)25-19(22)24-15;1-5(2)7(17)14(26)28-4-6-9(23)10(24)13(29-6)22-11-8(21(3)16(22)27)12(25)20-15(18)19-11;1-14(2)24-7-5(4-20)23-11(8(7)25-14)19-9-6(18(3)13(19)22)10(21)17-12(15)16-9;1-15-4-7(13-10(12)14-8(4)20)16(11(15)21)9-6(19)5(18)3(2-17)22-9;1-2(3)4;;/h8,10-11,13-14,17H,7H2,1-6H3,(H,23,28)(H3,22,24,25,29);5-7,9-10,13,23-24H,4,17H2,1-3H3,(H3,18,19,20,25);5,7-8,11,20H,4H2,1-3H3,(H3,15,16,17,21);3,5-6,9,17-19H,2H2,1H3,(H3,12,13,14,20);1H3;2*1H/t10-,11+,13-,14-,17-;6-,7+,9-,10-,13-;5-,7-,8-,11-;3-,5-,6-,9-;;;/m1111.../s1. The Hall–Kier alpha value is -10.1. The lowest BCUT2D eigenvalue weighted by Gasteiger charge is -2.25. The van der Waals surface area contributed by atoms with E-state index in [2.05, 4.69) is 53.0 Å². The monoisotopic (exact) mass is 1700 g/mol. The highest BCUT2D eigenvalue weighted by Crippen LogP contribution is 2.45. The molecule has 50 nitrogen and oxygen atoms in total. The van der Waals surface area contributed by atoms with Gasteiger partial charge in [-0.2, -0.15) is 19.9 Å². The number of aliphatic hydroxyl groups excluding tert-OH is 6. The highest BCUT2D eigenvalue weighted by Gasteiger charge is 2.59. The number of amides is 1. The molecule has 117 heavy (non-hydrogen) atoms. The van der Waals surface area contributed by atoms with E-state index in [-0.39, 0.29) is 137 Å². The van der Waals surface area contributed by atoms with Gasteiger partial charge in [-0.05, 0) is 46.5 Å². The third kappa shape index (κ3) is 18.0. The van der Waals surface area contributed by atoms with Crippen molar-refractivity contribution in [3.63, 3.8) is 0 Å². The molecular formula is C64H93BCl2N22O28. The van der Waals surface area contributed by atoms with Crippen molar-refractivity contribution in [3.8, 4) is 0 Å². The first-order chi connectivity index (χ1) is 53.7. The fourth-order valence-corrected chi connectivity index (χ4v) is 13.8. The van der Waals surface area contributed by atoms with Crippen LogP contribution in [0.1, 0.15) is 94.1 Å². The van der Waals surface area contributed by atoms with Gasteiger partial charge in [-0.15, -0.1) is 24.8 Å². The van der Waals surface area contributed by atoms with Gasteiger partial charge in [0.15, 0.2) is 89.0 Å². The number of ether oxygens (including phenoxy) is 10. The lowest BCUT2D eigenvalue weighted by Crippen LogP contribution is -2.45. The number of imidazole rings is 4. The minimum absolute atomic E-state index is 0. The molecule has 14 rings (SSSR count). The SMILES string of the molecule is CC(=O)N[C@H](C(=O)OC[C@H]1O[C@@H](n2c(=O)n(C)c3c(=O)[nH]c(N)nc32)[C@@H]2OC(C)(C)O[C@@H]21)C(C)C.CC(C)[C@H](N)C(=O)OC[C@H]1O[C@@H](n2c(=O)n(C)c3c(=O)[nH]c(N)nc32)[C@H](O)[C@@H]1O.Cl.Cl.Cn1c(=O)n([C@@H]2O[C@H](CO)[C@@H](O)[C@H]2O)c2nc(N)[nH]c(=O)c21.Cn1c(=O)n([C@@H]2O[C@H](CO)[C@H]3OC(C)(C)O[C@H]32)c2nc(N)[nH]c(=O)c21.[B]C(C)=O. The fourth-order valence-electron chi connectivity index (χ4n) is 13.8. The van der Waals surface area contributed by atoms with Gasteiger partial charge in [-0.3, -0.25) is 67.0 Å². The Kier molecular flexibility index (Phi) is 28.1. The van der Waals surface area contributed by atoms with Gasteiger partial charge in [-0.1, -0.05) is 27.7 Å². The molecule has 6 fully saturated rings. The maximum absolute atomic E-state index is 13.1. The van der Waals surface area contributed by atoms with Crippen LogP contribution >= 0.6 is 24.8 Å². The molecule has 8 aromatic heterocycles. The van der Waals surface area contributed by atoms with Crippen LogP contribution in [0.4, 0.5) is 23.8 Å². The minimum atomic E-state index is -1.55. The van der Waals surface area contributed by atoms with Crippen LogP contribution in [0.3, 0.4) is 0 Å². The quantitative estimate of drug-likeness (QED) is 0.0335. The summed E-state index contributed by atoms with van der Waals surface area (Å²) in [5, 5.41) is 61.8. The molecule has 8 aromatic rings. The summed E-state index contributed by atoms with van der Waals surface area (Å²) >= 11 is 0. The third-order valence-corrected chi connectivity index (χ3v) is 19.2. The number of aliphatic hydroxyl groups is 6. The summed E-state index contributed by atoms with van der Waals surface area (Å²) in [4.78, 5) is 170.